The first-order valence-electron chi connectivity index (χ1n) is 6.37. The number of nitrogens with two attached hydrogens (primary N) is 1. The van der Waals surface area contributed by atoms with Crippen molar-refractivity contribution >= 4 is 5.91 Å². The second-order valence-corrected chi connectivity index (χ2v) is 4.57. The Kier molecular flexibility index (Phi) is 4.15. The van der Waals surface area contributed by atoms with Gasteiger partial charge in [0.05, 0.1) is 12.6 Å². The van der Waals surface area contributed by atoms with Crippen LogP contribution in [0.4, 0.5) is 0 Å². The SMILES string of the molecule is NCC(=O)N1CCCCCC1c1ccccc1. The molecule has 1 aliphatic heterocycles. The van der Waals surface area contributed by atoms with Crippen LogP contribution in [0.2, 0.25) is 0 Å². The summed E-state index contributed by atoms with van der Waals surface area (Å²) in [6.45, 7) is 0.957. The standard InChI is InChI=1S/C14H20N2O/c15-11-14(17)16-10-6-2-5-9-13(16)12-7-3-1-4-8-12/h1,3-4,7-8,13H,2,5-6,9-11,15H2. The van der Waals surface area contributed by atoms with Crippen molar-refractivity contribution in [1.29, 1.82) is 0 Å². The van der Waals surface area contributed by atoms with E-state index >= 15 is 0 Å². The molecule has 92 valence electrons. The minimum atomic E-state index is 0.0701. The molecule has 0 spiro atoms. The third kappa shape index (κ3) is 2.86. The van der Waals surface area contributed by atoms with Crippen molar-refractivity contribution in [2.45, 2.75) is 31.7 Å². The molecular formula is C14H20N2O. The van der Waals surface area contributed by atoms with Gasteiger partial charge in [0, 0.05) is 6.54 Å². The fraction of sp³-hybridized carbons (Fsp3) is 0.500. The van der Waals surface area contributed by atoms with Gasteiger partial charge >= 0.3 is 0 Å². The molecule has 1 aliphatic rings. The highest BCUT2D eigenvalue weighted by atomic mass is 16.2. The summed E-state index contributed by atoms with van der Waals surface area (Å²) in [6, 6.07) is 10.5. The normalized spacial score (nSPS) is 21.0. The van der Waals surface area contributed by atoms with Crippen LogP contribution in [0, 0.1) is 0 Å². The Morgan fingerprint density at radius 3 is 2.71 bits per heavy atom. The molecule has 1 atom stereocenters. The van der Waals surface area contributed by atoms with Crippen LogP contribution in [0.5, 0.6) is 0 Å². The number of likely N-dealkylation sites (tertiary alicyclic amines) is 1. The van der Waals surface area contributed by atoms with E-state index < -0.39 is 0 Å². The van der Waals surface area contributed by atoms with E-state index in [4.69, 9.17) is 5.73 Å². The molecule has 0 radical (unpaired) electrons. The number of carbonyl (C=O) groups is 1. The van der Waals surface area contributed by atoms with Crippen LogP contribution in [0.15, 0.2) is 30.3 Å². The number of nitrogens with zero attached hydrogens (tertiary/aromatic N) is 1. The summed E-state index contributed by atoms with van der Waals surface area (Å²) in [5.41, 5.74) is 6.74. The first-order valence-corrected chi connectivity index (χ1v) is 6.37. The Balaban J connectivity index is 2.23. The van der Waals surface area contributed by atoms with Crippen molar-refractivity contribution in [2.75, 3.05) is 13.1 Å². The van der Waals surface area contributed by atoms with Gasteiger partial charge in [-0.2, -0.15) is 0 Å². The van der Waals surface area contributed by atoms with Gasteiger partial charge in [-0.15, -0.1) is 0 Å². The number of hydrogen-bond donors (Lipinski definition) is 1. The first-order chi connectivity index (χ1) is 8.33. The van der Waals surface area contributed by atoms with Gasteiger partial charge in [0.25, 0.3) is 0 Å². The lowest BCUT2D eigenvalue weighted by molar-refractivity contribution is -0.132. The minimum Gasteiger partial charge on any atom is -0.335 e. The van der Waals surface area contributed by atoms with Crippen LogP contribution in [0.1, 0.15) is 37.3 Å². The third-order valence-electron chi connectivity index (χ3n) is 3.43. The highest BCUT2D eigenvalue weighted by Gasteiger charge is 2.25. The van der Waals surface area contributed by atoms with Crippen molar-refractivity contribution in [3.05, 3.63) is 35.9 Å². The van der Waals surface area contributed by atoms with Crippen LogP contribution in [0.25, 0.3) is 0 Å². The molecule has 2 rings (SSSR count). The smallest absolute Gasteiger partial charge is 0.236 e. The van der Waals surface area contributed by atoms with E-state index in [-0.39, 0.29) is 18.5 Å². The van der Waals surface area contributed by atoms with Gasteiger partial charge in [-0.1, -0.05) is 43.2 Å². The van der Waals surface area contributed by atoms with Gasteiger partial charge in [-0.25, -0.2) is 0 Å². The molecule has 1 saturated heterocycles. The zero-order valence-corrected chi connectivity index (χ0v) is 10.1. The maximum Gasteiger partial charge on any atom is 0.236 e. The molecule has 1 fully saturated rings. The van der Waals surface area contributed by atoms with E-state index in [2.05, 4.69) is 12.1 Å². The first kappa shape index (κ1) is 12.1. The summed E-state index contributed by atoms with van der Waals surface area (Å²) >= 11 is 0. The molecule has 1 aromatic rings. The molecule has 2 N–H and O–H groups in total. The minimum absolute atomic E-state index is 0.0701. The Labute approximate surface area is 103 Å². The maximum absolute atomic E-state index is 11.9. The summed E-state index contributed by atoms with van der Waals surface area (Å²) in [6.07, 6.45) is 4.54. The van der Waals surface area contributed by atoms with Crippen molar-refractivity contribution < 1.29 is 4.79 Å². The third-order valence-corrected chi connectivity index (χ3v) is 3.43. The van der Waals surface area contributed by atoms with E-state index in [1.165, 1.54) is 18.4 Å². The second kappa shape index (κ2) is 5.82. The largest absolute Gasteiger partial charge is 0.335 e. The van der Waals surface area contributed by atoms with Gasteiger partial charge in [0.1, 0.15) is 0 Å². The Morgan fingerprint density at radius 1 is 1.24 bits per heavy atom. The van der Waals surface area contributed by atoms with Gasteiger partial charge in [-0.05, 0) is 18.4 Å². The van der Waals surface area contributed by atoms with Gasteiger partial charge in [0.2, 0.25) is 5.91 Å². The zero-order valence-electron chi connectivity index (χ0n) is 10.1. The predicted molar refractivity (Wildman–Crippen MR) is 68.4 cm³/mol. The molecule has 0 aliphatic carbocycles. The van der Waals surface area contributed by atoms with Crippen LogP contribution in [0.3, 0.4) is 0 Å². The van der Waals surface area contributed by atoms with E-state index in [1.54, 1.807) is 0 Å². The second-order valence-electron chi connectivity index (χ2n) is 4.57. The molecule has 3 heteroatoms. The monoisotopic (exact) mass is 232 g/mol. The lowest BCUT2D eigenvalue weighted by Crippen LogP contribution is -2.38. The lowest BCUT2D eigenvalue weighted by atomic mass is 10.0. The molecule has 1 amide bonds. The van der Waals surface area contributed by atoms with Gasteiger partial charge in [0.15, 0.2) is 0 Å². The summed E-state index contributed by atoms with van der Waals surface area (Å²) < 4.78 is 0. The molecule has 0 aromatic heterocycles. The number of hydrogen-bond acceptors (Lipinski definition) is 2. The van der Waals surface area contributed by atoms with E-state index in [1.807, 2.05) is 23.1 Å². The number of carbonyl (C=O) groups excluding carboxylic acids is 1. The molecule has 1 heterocycles. The number of amides is 1. The fourth-order valence-corrected chi connectivity index (χ4v) is 2.55. The van der Waals surface area contributed by atoms with Crippen molar-refractivity contribution in [1.82, 2.24) is 4.90 Å². The highest BCUT2D eigenvalue weighted by Crippen LogP contribution is 2.29. The summed E-state index contributed by atoms with van der Waals surface area (Å²) in [5.74, 6) is 0.0701. The Morgan fingerprint density at radius 2 is 2.00 bits per heavy atom. The molecule has 1 aromatic carbocycles. The highest BCUT2D eigenvalue weighted by molar-refractivity contribution is 5.78. The summed E-state index contributed by atoms with van der Waals surface area (Å²) in [5, 5.41) is 0. The van der Waals surface area contributed by atoms with Crippen LogP contribution in [-0.2, 0) is 4.79 Å². The molecule has 1 unspecified atom stereocenters. The Hall–Kier alpha value is -1.35. The fourth-order valence-electron chi connectivity index (χ4n) is 2.55. The van der Waals surface area contributed by atoms with Crippen molar-refractivity contribution in [3.8, 4) is 0 Å². The van der Waals surface area contributed by atoms with Crippen molar-refractivity contribution in [2.24, 2.45) is 5.73 Å². The maximum atomic E-state index is 11.9. The van der Waals surface area contributed by atoms with E-state index in [0.717, 1.165) is 19.4 Å². The predicted octanol–water partition coefficient (Wildman–Crippen LogP) is 2.09. The summed E-state index contributed by atoms with van der Waals surface area (Å²) in [7, 11) is 0. The van der Waals surface area contributed by atoms with E-state index in [9.17, 15) is 4.79 Å². The average Bonchev–Trinajstić information content (AvgIpc) is 2.64. The Bertz CT molecular complexity index is 364. The molecule has 17 heavy (non-hydrogen) atoms. The topological polar surface area (TPSA) is 46.3 Å². The van der Waals surface area contributed by atoms with E-state index in [0.29, 0.717) is 0 Å². The van der Waals surface area contributed by atoms with Gasteiger partial charge < -0.3 is 10.6 Å². The zero-order chi connectivity index (χ0) is 12.1. The molecule has 0 saturated carbocycles. The lowest BCUT2D eigenvalue weighted by Gasteiger charge is -2.30. The summed E-state index contributed by atoms with van der Waals surface area (Å²) in [4.78, 5) is 13.9. The van der Waals surface area contributed by atoms with Crippen molar-refractivity contribution in [3.63, 3.8) is 0 Å². The van der Waals surface area contributed by atoms with Gasteiger partial charge in [-0.3, -0.25) is 4.79 Å². The van der Waals surface area contributed by atoms with Crippen LogP contribution in [-0.4, -0.2) is 23.9 Å². The quantitative estimate of drug-likeness (QED) is 0.848. The number of benzene rings is 1. The van der Waals surface area contributed by atoms with Crippen LogP contribution < -0.4 is 5.73 Å². The molecule has 0 bridgehead atoms. The van der Waals surface area contributed by atoms with Crippen LogP contribution >= 0.6 is 0 Å². The molecule has 3 nitrogen and oxygen atoms in total. The average molecular weight is 232 g/mol. The molecular weight excluding hydrogens is 212 g/mol. The number of rotatable bonds is 2.